The number of piperazine rings is 1. The summed E-state index contributed by atoms with van der Waals surface area (Å²) in [5, 5.41) is 6.59. The Labute approximate surface area is 191 Å². The Hall–Kier alpha value is -2.45. The molecule has 0 spiro atoms. The van der Waals surface area contributed by atoms with Crippen molar-refractivity contribution < 1.29 is 9.53 Å². The lowest BCUT2D eigenvalue weighted by Crippen LogP contribution is -2.48. The Morgan fingerprint density at radius 1 is 1.13 bits per heavy atom. The zero-order valence-corrected chi connectivity index (χ0v) is 19.0. The average Bonchev–Trinajstić information content (AvgIpc) is 3.24. The molecule has 0 saturated carbocycles. The molecule has 4 rings (SSSR count). The Bertz CT molecular complexity index is 1020. The average molecular weight is 457 g/mol. The lowest BCUT2D eigenvalue weighted by Gasteiger charge is -2.33. The molecule has 6 nitrogen and oxygen atoms in total. The maximum absolute atomic E-state index is 12.4. The minimum absolute atomic E-state index is 0.0401. The third-order valence-electron chi connectivity index (χ3n) is 5.23. The van der Waals surface area contributed by atoms with Crippen molar-refractivity contribution in [3.8, 4) is 16.3 Å². The standard InChI is InChI=1S/C23H25ClN4O2S/c1-30-21-8-7-18(13-20(21)24)25-22(29)15-28-11-9-27(10-12-28)14-19-16-31-23(26-19)17-5-3-2-4-6-17/h2-8,13,16H,9-12,14-15H2,1H3,(H,25,29). The third kappa shape index (κ3) is 5.83. The lowest BCUT2D eigenvalue weighted by atomic mass is 10.2. The van der Waals surface area contributed by atoms with E-state index in [0.717, 1.165) is 49.0 Å². The van der Waals surface area contributed by atoms with Gasteiger partial charge >= 0.3 is 0 Å². The number of carbonyl (C=O) groups is 1. The molecule has 0 radical (unpaired) electrons. The second-order valence-electron chi connectivity index (χ2n) is 7.46. The van der Waals surface area contributed by atoms with Gasteiger partial charge in [-0.2, -0.15) is 0 Å². The number of anilines is 1. The zero-order chi connectivity index (χ0) is 21.6. The molecular formula is C23H25ClN4O2S. The molecule has 1 aliphatic heterocycles. The van der Waals surface area contributed by atoms with Crippen LogP contribution in [0.25, 0.3) is 10.6 Å². The normalized spacial score (nSPS) is 15.0. The van der Waals surface area contributed by atoms with E-state index in [1.54, 1.807) is 36.6 Å². The number of hydrogen-bond donors (Lipinski definition) is 1. The first-order valence-electron chi connectivity index (χ1n) is 10.2. The lowest BCUT2D eigenvalue weighted by molar-refractivity contribution is -0.117. The van der Waals surface area contributed by atoms with Crippen LogP contribution < -0.4 is 10.1 Å². The number of aromatic nitrogens is 1. The molecule has 0 atom stereocenters. The van der Waals surface area contributed by atoms with Crippen LogP contribution in [0.2, 0.25) is 5.02 Å². The van der Waals surface area contributed by atoms with Gasteiger partial charge in [0.25, 0.3) is 0 Å². The van der Waals surface area contributed by atoms with Crippen LogP contribution >= 0.6 is 22.9 Å². The molecule has 1 saturated heterocycles. The van der Waals surface area contributed by atoms with Gasteiger partial charge in [0.1, 0.15) is 10.8 Å². The van der Waals surface area contributed by atoms with Crippen molar-refractivity contribution in [1.82, 2.24) is 14.8 Å². The highest BCUT2D eigenvalue weighted by Gasteiger charge is 2.20. The third-order valence-corrected chi connectivity index (χ3v) is 6.46. The van der Waals surface area contributed by atoms with Crippen molar-refractivity contribution in [2.45, 2.75) is 6.54 Å². The second kappa shape index (κ2) is 10.2. The Morgan fingerprint density at radius 2 is 1.87 bits per heavy atom. The van der Waals surface area contributed by atoms with Crippen molar-refractivity contribution in [1.29, 1.82) is 0 Å². The van der Waals surface area contributed by atoms with Crippen LogP contribution in [-0.4, -0.2) is 60.5 Å². The number of rotatable bonds is 7. The van der Waals surface area contributed by atoms with Gasteiger partial charge in [0.15, 0.2) is 0 Å². The minimum Gasteiger partial charge on any atom is -0.495 e. The predicted octanol–water partition coefficient (Wildman–Crippen LogP) is 4.23. The van der Waals surface area contributed by atoms with E-state index in [4.69, 9.17) is 21.3 Å². The highest BCUT2D eigenvalue weighted by Crippen LogP contribution is 2.27. The number of ether oxygens (including phenoxy) is 1. The maximum atomic E-state index is 12.4. The topological polar surface area (TPSA) is 57.7 Å². The highest BCUT2D eigenvalue weighted by molar-refractivity contribution is 7.13. The molecule has 1 N–H and O–H groups in total. The second-order valence-corrected chi connectivity index (χ2v) is 8.73. The molecule has 2 aromatic carbocycles. The summed E-state index contributed by atoms with van der Waals surface area (Å²) in [6.07, 6.45) is 0. The van der Waals surface area contributed by atoms with Crippen LogP contribution in [0.1, 0.15) is 5.69 Å². The number of nitrogens with zero attached hydrogens (tertiary/aromatic N) is 3. The van der Waals surface area contributed by atoms with Gasteiger partial charge in [0.2, 0.25) is 5.91 Å². The van der Waals surface area contributed by atoms with E-state index in [9.17, 15) is 4.79 Å². The molecule has 0 bridgehead atoms. The van der Waals surface area contributed by atoms with Crippen LogP contribution in [0.3, 0.4) is 0 Å². The van der Waals surface area contributed by atoms with E-state index < -0.39 is 0 Å². The monoisotopic (exact) mass is 456 g/mol. The summed E-state index contributed by atoms with van der Waals surface area (Å²) in [4.78, 5) is 21.8. The van der Waals surface area contributed by atoms with Crippen molar-refractivity contribution in [3.05, 3.63) is 64.6 Å². The van der Waals surface area contributed by atoms with E-state index in [2.05, 4.69) is 32.6 Å². The number of amides is 1. The molecular weight excluding hydrogens is 432 g/mol. The summed E-state index contributed by atoms with van der Waals surface area (Å²) in [6, 6.07) is 15.5. The summed E-state index contributed by atoms with van der Waals surface area (Å²) in [5.41, 5.74) is 2.94. The summed E-state index contributed by atoms with van der Waals surface area (Å²) < 4.78 is 5.14. The molecule has 162 valence electrons. The number of methoxy groups -OCH3 is 1. The Morgan fingerprint density at radius 3 is 2.58 bits per heavy atom. The first kappa shape index (κ1) is 21.8. The van der Waals surface area contributed by atoms with Crippen molar-refractivity contribution >= 4 is 34.5 Å². The summed E-state index contributed by atoms with van der Waals surface area (Å²) in [7, 11) is 1.57. The summed E-state index contributed by atoms with van der Waals surface area (Å²) in [5.74, 6) is 0.550. The summed E-state index contributed by atoms with van der Waals surface area (Å²) in [6.45, 7) is 4.75. The smallest absolute Gasteiger partial charge is 0.238 e. The van der Waals surface area contributed by atoms with Gasteiger partial charge in [-0.15, -0.1) is 11.3 Å². The first-order valence-corrected chi connectivity index (χ1v) is 11.4. The Kier molecular flexibility index (Phi) is 7.19. The van der Waals surface area contributed by atoms with Crippen LogP contribution in [-0.2, 0) is 11.3 Å². The fraction of sp³-hybridized carbons (Fsp3) is 0.304. The van der Waals surface area contributed by atoms with E-state index in [1.807, 2.05) is 18.2 Å². The van der Waals surface area contributed by atoms with E-state index in [0.29, 0.717) is 23.0 Å². The molecule has 3 aromatic rings. The van der Waals surface area contributed by atoms with Crippen LogP contribution in [0.5, 0.6) is 5.75 Å². The molecule has 31 heavy (non-hydrogen) atoms. The zero-order valence-electron chi connectivity index (χ0n) is 17.4. The number of nitrogens with one attached hydrogen (secondary N) is 1. The van der Waals surface area contributed by atoms with Gasteiger partial charge in [-0.1, -0.05) is 41.9 Å². The van der Waals surface area contributed by atoms with Crippen LogP contribution in [0.15, 0.2) is 53.9 Å². The molecule has 1 amide bonds. The Balaban J connectivity index is 1.23. The van der Waals surface area contributed by atoms with Crippen LogP contribution in [0, 0.1) is 0 Å². The fourth-order valence-corrected chi connectivity index (χ4v) is 4.65. The molecule has 2 heterocycles. The SMILES string of the molecule is COc1ccc(NC(=O)CN2CCN(Cc3csc(-c4ccccc4)n3)CC2)cc1Cl. The molecule has 8 heteroatoms. The quantitative estimate of drug-likeness (QED) is 0.576. The molecule has 0 unspecified atom stereocenters. The number of thiazole rings is 1. The molecule has 1 aromatic heterocycles. The van der Waals surface area contributed by atoms with Crippen molar-refractivity contribution in [3.63, 3.8) is 0 Å². The van der Waals surface area contributed by atoms with E-state index in [-0.39, 0.29) is 5.91 Å². The van der Waals surface area contributed by atoms with E-state index >= 15 is 0 Å². The van der Waals surface area contributed by atoms with Crippen molar-refractivity contribution in [2.75, 3.05) is 45.2 Å². The summed E-state index contributed by atoms with van der Waals surface area (Å²) >= 11 is 7.81. The van der Waals surface area contributed by atoms with E-state index in [1.165, 1.54) is 0 Å². The van der Waals surface area contributed by atoms with Crippen LogP contribution in [0.4, 0.5) is 5.69 Å². The predicted molar refractivity (Wildman–Crippen MR) is 126 cm³/mol. The van der Waals surface area contributed by atoms with Gasteiger partial charge in [-0.05, 0) is 18.2 Å². The number of halogens is 1. The minimum atomic E-state index is -0.0401. The maximum Gasteiger partial charge on any atom is 0.238 e. The number of benzene rings is 2. The molecule has 0 aliphatic carbocycles. The molecule has 1 fully saturated rings. The largest absolute Gasteiger partial charge is 0.495 e. The van der Waals surface area contributed by atoms with Gasteiger partial charge in [-0.25, -0.2) is 4.98 Å². The van der Waals surface area contributed by atoms with Gasteiger partial charge in [0, 0.05) is 49.4 Å². The fourth-order valence-electron chi connectivity index (χ4n) is 3.58. The van der Waals surface area contributed by atoms with Gasteiger partial charge < -0.3 is 10.1 Å². The first-order chi connectivity index (χ1) is 15.1. The van der Waals surface area contributed by atoms with Gasteiger partial charge in [0.05, 0.1) is 24.4 Å². The number of carbonyl (C=O) groups excluding carboxylic acids is 1. The van der Waals surface area contributed by atoms with Gasteiger partial charge in [-0.3, -0.25) is 14.6 Å². The number of hydrogen-bond acceptors (Lipinski definition) is 6. The van der Waals surface area contributed by atoms with Crippen molar-refractivity contribution in [2.24, 2.45) is 0 Å². The molecule has 1 aliphatic rings. The highest BCUT2D eigenvalue weighted by atomic mass is 35.5.